The normalized spacial score (nSPS) is 10.1. The molecule has 0 unspecified atom stereocenters. The number of hydrogen-bond donors (Lipinski definition) is 0. The number of hydrogen-bond acceptors (Lipinski definition) is 3. The van der Waals surface area contributed by atoms with Gasteiger partial charge in [-0.1, -0.05) is 16.6 Å². The SMILES string of the molecule is Fc1cccc(-c2csnn2)c1. The van der Waals surface area contributed by atoms with Gasteiger partial charge in [-0.3, -0.25) is 0 Å². The first kappa shape index (κ1) is 7.36. The fourth-order valence-corrected chi connectivity index (χ4v) is 1.40. The molecule has 0 aliphatic rings. The molecule has 12 heavy (non-hydrogen) atoms. The van der Waals surface area contributed by atoms with Gasteiger partial charge in [-0.15, -0.1) is 5.10 Å². The summed E-state index contributed by atoms with van der Waals surface area (Å²) >= 11 is 1.26. The van der Waals surface area contributed by atoms with Gasteiger partial charge < -0.3 is 0 Å². The fraction of sp³-hybridized carbons (Fsp3) is 0. The Morgan fingerprint density at radius 3 is 2.92 bits per heavy atom. The first-order chi connectivity index (χ1) is 5.86. The van der Waals surface area contributed by atoms with E-state index in [0.29, 0.717) is 0 Å². The van der Waals surface area contributed by atoms with E-state index >= 15 is 0 Å². The van der Waals surface area contributed by atoms with E-state index in [2.05, 4.69) is 9.59 Å². The van der Waals surface area contributed by atoms with Crippen molar-refractivity contribution < 1.29 is 4.39 Å². The standard InChI is InChI=1S/C8H5FN2S/c9-7-3-1-2-6(4-7)8-5-12-11-10-8/h1-5H. The van der Waals surface area contributed by atoms with E-state index in [-0.39, 0.29) is 5.82 Å². The molecule has 0 spiro atoms. The highest BCUT2D eigenvalue weighted by molar-refractivity contribution is 7.03. The molecular weight excluding hydrogens is 175 g/mol. The Hall–Kier alpha value is -1.29. The molecule has 0 amide bonds. The maximum Gasteiger partial charge on any atom is 0.123 e. The molecule has 1 heterocycles. The summed E-state index contributed by atoms with van der Waals surface area (Å²) in [5.74, 6) is -0.250. The topological polar surface area (TPSA) is 25.8 Å². The maximum absolute atomic E-state index is 12.7. The minimum Gasteiger partial charge on any atom is -0.207 e. The highest BCUT2D eigenvalue weighted by Gasteiger charge is 2.00. The summed E-state index contributed by atoms with van der Waals surface area (Å²) in [5, 5.41) is 5.62. The number of benzene rings is 1. The Balaban J connectivity index is 2.48. The summed E-state index contributed by atoms with van der Waals surface area (Å²) in [4.78, 5) is 0. The van der Waals surface area contributed by atoms with Gasteiger partial charge >= 0.3 is 0 Å². The molecule has 0 aliphatic carbocycles. The largest absolute Gasteiger partial charge is 0.207 e. The number of aromatic nitrogens is 2. The number of halogens is 1. The third-order valence-electron chi connectivity index (χ3n) is 1.48. The molecule has 0 aliphatic heterocycles. The third-order valence-corrected chi connectivity index (χ3v) is 1.99. The Morgan fingerprint density at radius 1 is 1.33 bits per heavy atom. The van der Waals surface area contributed by atoms with Crippen LogP contribution in [0, 0.1) is 5.82 Å². The second-order valence-corrected chi connectivity index (χ2v) is 2.91. The molecule has 0 saturated heterocycles. The van der Waals surface area contributed by atoms with Crippen LogP contribution >= 0.6 is 11.5 Å². The highest BCUT2D eigenvalue weighted by atomic mass is 32.1. The van der Waals surface area contributed by atoms with Crippen molar-refractivity contribution in [1.29, 1.82) is 0 Å². The van der Waals surface area contributed by atoms with Gasteiger partial charge in [0.1, 0.15) is 11.5 Å². The van der Waals surface area contributed by atoms with Crippen LogP contribution in [0.2, 0.25) is 0 Å². The molecule has 2 rings (SSSR count). The summed E-state index contributed by atoms with van der Waals surface area (Å²) in [6.45, 7) is 0. The molecule has 0 bridgehead atoms. The van der Waals surface area contributed by atoms with Gasteiger partial charge in [0.05, 0.1) is 0 Å². The zero-order valence-electron chi connectivity index (χ0n) is 6.07. The van der Waals surface area contributed by atoms with Crippen LogP contribution in [0.1, 0.15) is 0 Å². The molecule has 1 aromatic heterocycles. The van der Waals surface area contributed by atoms with Gasteiger partial charge in [-0.2, -0.15) is 0 Å². The van der Waals surface area contributed by atoms with Crippen LogP contribution in [-0.4, -0.2) is 9.59 Å². The number of rotatable bonds is 1. The smallest absolute Gasteiger partial charge is 0.123 e. The third kappa shape index (κ3) is 1.33. The molecule has 0 fully saturated rings. The average molecular weight is 180 g/mol. The first-order valence-electron chi connectivity index (χ1n) is 3.39. The van der Waals surface area contributed by atoms with E-state index < -0.39 is 0 Å². The lowest BCUT2D eigenvalue weighted by Crippen LogP contribution is -1.79. The van der Waals surface area contributed by atoms with Crippen molar-refractivity contribution in [2.45, 2.75) is 0 Å². The second kappa shape index (κ2) is 2.98. The van der Waals surface area contributed by atoms with Gasteiger partial charge in [0.2, 0.25) is 0 Å². The van der Waals surface area contributed by atoms with Crippen molar-refractivity contribution in [2.75, 3.05) is 0 Å². The van der Waals surface area contributed by atoms with E-state index in [1.54, 1.807) is 17.5 Å². The highest BCUT2D eigenvalue weighted by Crippen LogP contribution is 2.17. The molecule has 0 radical (unpaired) electrons. The molecule has 2 nitrogen and oxygen atoms in total. The van der Waals surface area contributed by atoms with E-state index in [1.807, 2.05) is 0 Å². The molecule has 0 N–H and O–H groups in total. The molecule has 0 saturated carbocycles. The lowest BCUT2D eigenvalue weighted by molar-refractivity contribution is 0.628. The van der Waals surface area contributed by atoms with E-state index in [4.69, 9.17) is 0 Å². The predicted molar refractivity (Wildman–Crippen MR) is 45.3 cm³/mol. The second-order valence-electron chi connectivity index (χ2n) is 2.30. The van der Waals surface area contributed by atoms with Crippen LogP contribution in [-0.2, 0) is 0 Å². The molecular formula is C8H5FN2S. The van der Waals surface area contributed by atoms with Crippen molar-refractivity contribution in [2.24, 2.45) is 0 Å². The van der Waals surface area contributed by atoms with E-state index in [9.17, 15) is 4.39 Å². The van der Waals surface area contributed by atoms with Crippen molar-refractivity contribution in [3.63, 3.8) is 0 Å². The molecule has 2 aromatic rings. The molecule has 60 valence electrons. The maximum atomic E-state index is 12.7. The van der Waals surface area contributed by atoms with Gasteiger partial charge in [-0.25, -0.2) is 4.39 Å². The summed E-state index contributed by atoms with van der Waals surface area (Å²) in [6, 6.07) is 6.31. The van der Waals surface area contributed by atoms with Crippen molar-refractivity contribution in [3.05, 3.63) is 35.5 Å². The van der Waals surface area contributed by atoms with Crippen LogP contribution in [0.15, 0.2) is 29.6 Å². The van der Waals surface area contributed by atoms with Crippen LogP contribution in [0.3, 0.4) is 0 Å². The lowest BCUT2D eigenvalue weighted by Gasteiger charge is -1.93. The quantitative estimate of drug-likeness (QED) is 0.673. The summed E-state index contributed by atoms with van der Waals surface area (Å²) in [6.07, 6.45) is 0. The average Bonchev–Trinajstić information content (AvgIpc) is 2.56. The Kier molecular flexibility index (Phi) is 1.83. The summed E-state index contributed by atoms with van der Waals surface area (Å²) < 4.78 is 16.4. The minimum atomic E-state index is -0.250. The fourth-order valence-electron chi connectivity index (χ4n) is 0.938. The summed E-state index contributed by atoms with van der Waals surface area (Å²) in [5.41, 5.74) is 1.49. The van der Waals surface area contributed by atoms with Gasteiger partial charge in [0.15, 0.2) is 0 Å². The van der Waals surface area contributed by atoms with Crippen molar-refractivity contribution in [1.82, 2.24) is 9.59 Å². The Bertz CT molecular complexity index is 372. The summed E-state index contributed by atoms with van der Waals surface area (Å²) in [7, 11) is 0. The number of nitrogens with zero attached hydrogens (tertiary/aromatic N) is 2. The predicted octanol–water partition coefficient (Wildman–Crippen LogP) is 2.34. The monoisotopic (exact) mass is 180 g/mol. The van der Waals surface area contributed by atoms with Crippen LogP contribution in [0.4, 0.5) is 4.39 Å². The van der Waals surface area contributed by atoms with Crippen LogP contribution < -0.4 is 0 Å². The van der Waals surface area contributed by atoms with Gasteiger partial charge in [-0.05, 0) is 23.7 Å². The molecule has 4 heteroatoms. The van der Waals surface area contributed by atoms with E-state index in [1.165, 1.54) is 23.7 Å². The molecule has 1 aromatic carbocycles. The minimum absolute atomic E-state index is 0.250. The van der Waals surface area contributed by atoms with Crippen molar-refractivity contribution in [3.8, 4) is 11.3 Å². The van der Waals surface area contributed by atoms with Crippen LogP contribution in [0.5, 0.6) is 0 Å². The zero-order valence-corrected chi connectivity index (χ0v) is 6.88. The first-order valence-corrected chi connectivity index (χ1v) is 4.23. The van der Waals surface area contributed by atoms with Crippen molar-refractivity contribution >= 4 is 11.5 Å². The van der Waals surface area contributed by atoms with Gasteiger partial charge in [0, 0.05) is 10.9 Å². The Labute approximate surface area is 72.8 Å². The van der Waals surface area contributed by atoms with E-state index in [0.717, 1.165) is 11.3 Å². The van der Waals surface area contributed by atoms with Gasteiger partial charge in [0.25, 0.3) is 0 Å². The van der Waals surface area contributed by atoms with Crippen LogP contribution in [0.25, 0.3) is 11.3 Å². The lowest BCUT2D eigenvalue weighted by atomic mass is 10.2. The zero-order chi connectivity index (χ0) is 8.39. The molecule has 0 atom stereocenters. The Morgan fingerprint density at radius 2 is 2.25 bits per heavy atom.